The lowest BCUT2D eigenvalue weighted by molar-refractivity contribution is 0.232. The molecule has 0 amide bonds. The van der Waals surface area contributed by atoms with Crippen molar-refractivity contribution in [2.75, 3.05) is 32.0 Å². The number of hydrogen-bond acceptors (Lipinski definition) is 9. The van der Waals surface area contributed by atoms with Gasteiger partial charge in [0.25, 0.3) is 8.53 Å². The van der Waals surface area contributed by atoms with Crippen LogP contribution < -0.4 is 5.32 Å². The van der Waals surface area contributed by atoms with E-state index in [0.29, 0.717) is 42.4 Å². The number of anilines is 2. The number of nitrogens with zero attached hydrogens (tertiary/aromatic N) is 7. The van der Waals surface area contributed by atoms with Gasteiger partial charge in [0.05, 0.1) is 11.7 Å². The van der Waals surface area contributed by atoms with Crippen LogP contribution in [0.1, 0.15) is 37.0 Å². The van der Waals surface area contributed by atoms with Crippen molar-refractivity contribution in [2.24, 2.45) is 0 Å². The van der Waals surface area contributed by atoms with Crippen molar-refractivity contribution in [1.29, 1.82) is 0 Å². The first kappa shape index (κ1) is 27.4. The Hall–Kier alpha value is -3.15. The smallest absolute Gasteiger partial charge is 0.252 e. The van der Waals surface area contributed by atoms with E-state index in [1.807, 2.05) is 37.5 Å². The van der Waals surface area contributed by atoms with Gasteiger partial charge in [-0.15, -0.1) is 0 Å². The number of aromatic nitrogens is 5. The van der Waals surface area contributed by atoms with Gasteiger partial charge in [0.2, 0.25) is 5.95 Å². The van der Waals surface area contributed by atoms with E-state index in [2.05, 4.69) is 25.2 Å². The van der Waals surface area contributed by atoms with Gasteiger partial charge in [0.15, 0.2) is 11.6 Å². The predicted molar refractivity (Wildman–Crippen MR) is 146 cm³/mol. The summed E-state index contributed by atoms with van der Waals surface area (Å²) in [6, 6.07) is 6.80. The van der Waals surface area contributed by atoms with Gasteiger partial charge in [-0.05, 0) is 51.6 Å². The highest BCUT2D eigenvalue weighted by atomic mass is 31.2. The van der Waals surface area contributed by atoms with E-state index < -0.39 is 20.2 Å². The number of aryl methyl sites for hydroxylation is 1. The average molecular weight is 557 g/mol. The normalized spacial score (nSPS) is 14.1. The lowest BCUT2D eigenvalue weighted by Crippen LogP contribution is -2.36. The van der Waals surface area contributed by atoms with Crippen LogP contribution in [0.3, 0.4) is 0 Å². The van der Waals surface area contributed by atoms with Gasteiger partial charge in [-0.25, -0.2) is 33.4 Å². The molecule has 0 unspecified atom stereocenters. The molecule has 0 saturated carbocycles. The Balaban J connectivity index is 1.36. The SMILES string of the molecule is Cc1nc2c(F)cc(-c3nc(Nc4ccc5c(n4)CCN(CCN(C)P(O)O)C5)ncc3F)cc2n1C(C)C. The molecule has 0 aliphatic carbocycles. The van der Waals surface area contributed by atoms with Gasteiger partial charge in [-0.3, -0.25) is 4.90 Å². The van der Waals surface area contributed by atoms with Crippen molar-refractivity contribution in [3.05, 3.63) is 59.2 Å². The summed E-state index contributed by atoms with van der Waals surface area (Å²) in [5.74, 6) is 0.160. The fraction of sp³-hybridized carbons (Fsp3) is 0.385. The van der Waals surface area contributed by atoms with Crippen LogP contribution >= 0.6 is 8.53 Å². The van der Waals surface area contributed by atoms with E-state index in [9.17, 15) is 18.6 Å². The first-order chi connectivity index (χ1) is 18.6. The Morgan fingerprint density at radius 3 is 2.67 bits per heavy atom. The van der Waals surface area contributed by atoms with Crippen LogP contribution in [-0.4, -0.2) is 70.5 Å². The predicted octanol–water partition coefficient (Wildman–Crippen LogP) is 4.30. The first-order valence-electron chi connectivity index (χ1n) is 12.7. The molecule has 13 heteroatoms. The minimum Gasteiger partial charge on any atom is -0.338 e. The van der Waals surface area contributed by atoms with E-state index >= 15 is 0 Å². The fourth-order valence-electron chi connectivity index (χ4n) is 4.91. The number of hydrogen-bond donors (Lipinski definition) is 3. The second-order valence-corrected chi connectivity index (χ2v) is 11.2. The topological polar surface area (TPSA) is 115 Å². The molecule has 1 aliphatic rings. The summed E-state index contributed by atoms with van der Waals surface area (Å²) in [6.45, 7) is 8.56. The van der Waals surface area contributed by atoms with Gasteiger partial charge >= 0.3 is 0 Å². The second kappa shape index (κ2) is 11.1. The summed E-state index contributed by atoms with van der Waals surface area (Å²) in [5.41, 5.74) is 3.14. The van der Waals surface area contributed by atoms with Crippen molar-refractivity contribution in [3.63, 3.8) is 0 Å². The number of pyridine rings is 1. The second-order valence-electron chi connectivity index (χ2n) is 9.94. The fourth-order valence-corrected chi connectivity index (χ4v) is 5.18. The number of benzene rings is 1. The molecule has 39 heavy (non-hydrogen) atoms. The number of rotatable bonds is 8. The summed E-state index contributed by atoms with van der Waals surface area (Å²) in [5, 5.41) is 3.06. The Labute approximate surface area is 226 Å². The molecule has 4 aromatic rings. The summed E-state index contributed by atoms with van der Waals surface area (Å²) in [4.78, 5) is 38.3. The molecule has 3 aromatic heterocycles. The zero-order valence-electron chi connectivity index (χ0n) is 22.2. The lowest BCUT2D eigenvalue weighted by atomic mass is 10.1. The van der Waals surface area contributed by atoms with Crippen LogP contribution in [0.25, 0.3) is 22.3 Å². The van der Waals surface area contributed by atoms with Gasteiger partial charge in [0.1, 0.15) is 22.9 Å². The van der Waals surface area contributed by atoms with Crippen molar-refractivity contribution >= 4 is 31.3 Å². The zero-order chi connectivity index (χ0) is 27.8. The number of likely N-dealkylation sites (N-methyl/N-ethyl adjacent to an activating group) is 1. The number of halogens is 2. The number of fused-ring (bicyclic) bond motifs is 2. The van der Waals surface area contributed by atoms with Crippen molar-refractivity contribution in [3.8, 4) is 11.3 Å². The molecule has 1 aromatic carbocycles. The van der Waals surface area contributed by atoms with Gasteiger partial charge in [0, 0.05) is 49.9 Å². The highest BCUT2D eigenvalue weighted by Crippen LogP contribution is 2.31. The molecule has 0 fully saturated rings. The first-order valence-corrected chi connectivity index (χ1v) is 13.9. The third-order valence-electron chi connectivity index (χ3n) is 6.87. The third-order valence-corrected chi connectivity index (χ3v) is 7.68. The third kappa shape index (κ3) is 5.75. The van der Waals surface area contributed by atoms with Crippen LogP contribution in [0.2, 0.25) is 0 Å². The molecule has 1 aliphatic heterocycles. The van der Waals surface area contributed by atoms with Gasteiger partial charge in [-0.2, -0.15) is 0 Å². The van der Waals surface area contributed by atoms with Crippen LogP contribution in [0.5, 0.6) is 0 Å². The summed E-state index contributed by atoms with van der Waals surface area (Å²) in [6.07, 6.45) is 1.80. The van der Waals surface area contributed by atoms with Crippen LogP contribution in [0.4, 0.5) is 20.5 Å². The maximum absolute atomic E-state index is 15.0. The Morgan fingerprint density at radius 2 is 1.92 bits per heavy atom. The van der Waals surface area contributed by atoms with E-state index in [-0.39, 0.29) is 23.2 Å². The summed E-state index contributed by atoms with van der Waals surface area (Å²) in [7, 11) is -0.391. The van der Waals surface area contributed by atoms with Gasteiger partial charge < -0.3 is 19.7 Å². The highest BCUT2D eigenvalue weighted by Gasteiger charge is 2.21. The van der Waals surface area contributed by atoms with E-state index in [4.69, 9.17) is 4.98 Å². The molecular formula is C26H31F2N8O2P. The molecule has 0 saturated heterocycles. The molecule has 0 atom stereocenters. The Kier molecular flexibility index (Phi) is 7.84. The minimum atomic E-state index is -2.07. The van der Waals surface area contributed by atoms with Crippen LogP contribution in [-0.2, 0) is 13.0 Å². The highest BCUT2D eigenvalue weighted by molar-refractivity contribution is 7.42. The Morgan fingerprint density at radius 1 is 1.13 bits per heavy atom. The van der Waals surface area contributed by atoms with Crippen LogP contribution in [0, 0.1) is 18.6 Å². The van der Waals surface area contributed by atoms with Gasteiger partial charge in [-0.1, -0.05) is 6.07 Å². The molecule has 5 rings (SSSR count). The maximum Gasteiger partial charge on any atom is 0.252 e. The number of imidazole rings is 1. The number of nitrogens with one attached hydrogen (secondary N) is 1. The van der Waals surface area contributed by atoms with Crippen molar-refractivity contribution in [1.82, 2.24) is 34.1 Å². The van der Waals surface area contributed by atoms with Crippen molar-refractivity contribution in [2.45, 2.75) is 39.8 Å². The Bertz CT molecular complexity index is 1510. The lowest BCUT2D eigenvalue weighted by Gasteiger charge is -2.30. The zero-order valence-corrected chi connectivity index (χ0v) is 23.1. The van der Waals surface area contributed by atoms with Crippen LogP contribution in [0.15, 0.2) is 30.5 Å². The standard InChI is InChI=1S/C26H31F2N8O2P/c1-15(2)36-16(3)30-25-19(27)11-18(12-22(25)36)24-20(28)13-29-26(33-24)32-23-6-5-17-14-35(8-7-21(17)31-23)10-9-34(4)39(37)38/h5-6,11-13,15,37-38H,7-10,14H2,1-4H3,(H,29,31,32,33). The molecule has 206 valence electrons. The molecule has 0 bridgehead atoms. The quantitative estimate of drug-likeness (QED) is 0.273. The summed E-state index contributed by atoms with van der Waals surface area (Å²) >= 11 is 0. The molecule has 0 spiro atoms. The average Bonchev–Trinajstić information content (AvgIpc) is 3.24. The van der Waals surface area contributed by atoms with Crippen molar-refractivity contribution < 1.29 is 18.6 Å². The minimum absolute atomic E-state index is 0.0181. The van der Waals surface area contributed by atoms with E-state index in [0.717, 1.165) is 30.4 Å². The summed E-state index contributed by atoms with van der Waals surface area (Å²) < 4.78 is 33.3. The molecule has 10 nitrogen and oxygen atoms in total. The van der Waals surface area contributed by atoms with E-state index in [1.165, 1.54) is 10.7 Å². The van der Waals surface area contributed by atoms with E-state index in [1.54, 1.807) is 13.1 Å². The molecular weight excluding hydrogens is 525 g/mol. The largest absolute Gasteiger partial charge is 0.338 e. The molecule has 0 radical (unpaired) electrons. The monoisotopic (exact) mass is 556 g/mol. The maximum atomic E-state index is 15.0. The molecule has 4 heterocycles. The molecule has 3 N–H and O–H groups in total.